The van der Waals surface area contributed by atoms with Crippen LogP contribution in [0.15, 0.2) is 107 Å². The van der Waals surface area contributed by atoms with Gasteiger partial charge in [0.2, 0.25) is 20.0 Å². The second-order valence-corrected chi connectivity index (χ2v) is 12.2. The number of hydrogen-bond donors (Lipinski definition) is 0. The third kappa shape index (κ3) is 6.49. The van der Waals surface area contributed by atoms with E-state index in [1.807, 2.05) is 34.7 Å². The maximum absolute atomic E-state index is 13.2. The SMILES string of the molecule is O=S(=O)(C=Cc1ccccc1)N(CCSc1cccc2nccn12)S(=O)(=O)/C=C/c1ccccc1. The van der Waals surface area contributed by atoms with E-state index in [0.717, 1.165) is 21.5 Å². The Kier molecular flexibility index (Phi) is 7.86. The standard InChI is InChI=1S/C25H23N3O4S3/c29-34(30,20-14-22-8-3-1-4-9-22)28(35(31,32)21-15-23-10-5-2-6-11-23)18-19-33-25-13-7-12-24-26-16-17-27(24)25/h1-17,20-21H,18-19H2/b20-14+,21-15?. The Hall–Kier alpha value is -3.18. The molecule has 2 aromatic carbocycles. The molecule has 35 heavy (non-hydrogen) atoms. The first-order valence-corrected chi connectivity index (χ1v) is 14.6. The smallest absolute Gasteiger partial charge is 0.249 e. The lowest BCUT2D eigenvalue weighted by atomic mass is 10.2. The average molecular weight is 526 g/mol. The fraction of sp³-hybridized carbons (Fsp3) is 0.0800. The van der Waals surface area contributed by atoms with E-state index < -0.39 is 20.0 Å². The number of rotatable bonds is 10. The first-order chi connectivity index (χ1) is 16.9. The van der Waals surface area contributed by atoms with E-state index in [4.69, 9.17) is 0 Å². The number of aromatic nitrogens is 2. The summed E-state index contributed by atoms with van der Waals surface area (Å²) in [6, 6.07) is 23.3. The molecule has 0 bridgehead atoms. The van der Waals surface area contributed by atoms with Gasteiger partial charge in [0.15, 0.2) is 0 Å². The lowest BCUT2D eigenvalue weighted by molar-refractivity contribution is 0.520. The van der Waals surface area contributed by atoms with Gasteiger partial charge in [-0.05, 0) is 35.4 Å². The van der Waals surface area contributed by atoms with Crippen LogP contribution in [0.5, 0.6) is 0 Å². The topological polar surface area (TPSA) is 88.8 Å². The third-order valence-corrected chi connectivity index (χ3v) is 9.67. The van der Waals surface area contributed by atoms with Crippen molar-refractivity contribution in [1.29, 1.82) is 0 Å². The first-order valence-electron chi connectivity index (χ1n) is 10.6. The van der Waals surface area contributed by atoms with Crippen LogP contribution in [0.1, 0.15) is 11.1 Å². The molecule has 0 radical (unpaired) electrons. The zero-order valence-corrected chi connectivity index (χ0v) is 21.0. The van der Waals surface area contributed by atoms with Crippen LogP contribution >= 0.6 is 11.8 Å². The predicted octanol–water partition coefficient (Wildman–Crippen LogP) is 4.73. The van der Waals surface area contributed by atoms with Gasteiger partial charge in [0.25, 0.3) is 0 Å². The van der Waals surface area contributed by atoms with Crippen LogP contribution in [-0.4, -0.2) is 42.2 Å². The minimum Gasteiger partial charge on any atom is -0.294 e. The highest BCUT2D eigenvalue weighted by atomic mass is 32.3. The number of imidazole rings is 1. The zero-order chi connectivity index (χ0) is 24.7. The molecular formula is C25H23N3O4S3. The molecule has 0 fully saturated rings. The maximum Gasteiger partial charge on any atom is 0.249 e. The number of sulfonamides is 2. The molecule has 0 saturated heterocycles. The summed E-state index contributed by atoms with van der Waals surface area (Å²) in [6.45, 7) is -0.237. The first kappa shape index (κ1) is 24.9. The van der Waals surface area contributed by atoms with Crippen LogP contribution in [0.25, 0.3) is 17.8 Å². The van der Waals surface area contributed by atoms with Crippen LogP contribution < -0.4 is 0 Å². The summed E-state index contributed by atoms with van der Waals surface area (Å²) in [5.74, 6) is 0.216. The quantitative estimate of drug-likeness (QED) is 0.278. The summed E-state index contributed by atoms with van der Waals surface area (Å²) in [4.78, 5) is 4.24. The Bertz CT molecular complexity index is 1470. The molecule has 10 heteroatoms. The third-order valence-electron chi connectivity index (χ3n) is 4.95. The van der Waals surface area contributed by atoms with Crippen LogP contribution in [0.2, 0.25) is 0 Å². The number of nitrogens with zero attached hydrogens (tertiary/aromatic N) is 3. The van der Waals surface area contributed by atoms with E-state index in [2.05, 4.69) is 4.98 Å². The molecule has 0 amide bonds. The molecule has 0 saturated carbocycles. The molecule has 0 aliphatic heterocycles. The number of fused-ring (bicyclic) bond motifs is 1. The highest BCUT2D eigenvalue weighted by molar-refractivity contribution is 8.07. The molecule has 7 nitrogen and oxygen atoms in total. The van der Waals surface area contributed by atoms with Crippen molar-refractivity contribution in [1.82, 2.24) is 13.1 Å². The number of thioether (sulfide) groups is 1. The molecule has 0 N–H and O–H groups in total. The minimum atomic E-state index is -4.29. The zero-order valence-electron chi connectivity index (χ0n) is 18.6. The highest BCUT2D eigenvalue weighted by Crippen LogP contribution is 2.22. The van der Waals surface area contributed by atoms with Crippen molar-refractivity contribution in [2.45, 2.75) is 5.03 Å². The van der Waals surface area contributed by atoms with Gasteiger partial charge in [0, 0.05) is 35.5 Å². The predicted molar refractivity (Wildman–Crippen MR) is 141 cm³/mol. The van der Waals surface area contributed by atoms with E-state index in [0.29, 0.717) is 14.8 Å². The fourth-order valence-electron chi connectivity index (χ4n) is 3.26. The molecular weight excluding hydrogens is 502 g/mol. The molecule has 4 rings (SSSR count). The monoisotopic (exact) mass is 525 g/mol. The Morgan fingerprint density at radius 1 is 0.771 bits per heavy atom. The summed E-state index contributed by atoms with van der Waals surface area (Å²) in [5, 5.41) is 2.68. The fourth-order valence-corrected chi connectivity index (χ4v) is 7.52. The van der Waals surface area contributed by atoms with Gasteiger partial charge < -0.3 is 0 Å². The number of hydrogen-bond acceptors (Lipinski definition) is 6. The van der Waals surface area contributed by atoms with Crippen molar-refractivity contribution in [3.05, 3.63) is 113 Å². The van der Waals surface area contributed by atoms with E-state index in [-0.39, 0.29) is 12.3 Å². The molecule has 2 aromatic heterocycles. The average Bonchev–Trinajstić information content (AvgIpc) is 3.35. The number of benzene rings is 2. The van der Waals surface area contributed by atoms with Crippen molar-refractivity contribution >= 4 is 49.6 Å². The van der Waals surface area contributed by atoms with Crippen LogP contribution in [0.3, 0.4) is 0 Å². The van der Waals surface area contributed by atoms with Gasteiger partial charge in [-0.2, -0.15) is 0 Å². The van der Waals surface area contributed by atoms with Gasteiger partial charge >= 0.3 is 0 Å². The second-order valence-electron chi connectivity index (χ2n) is 7.38. The largest absolute Gasteiger partial charge is 0.294 e. The highest BCUT2D eigenvalue weighted by Gasteiger charge is 2.30. The Labute approximate surface area is 209 Å². The summed E-state index contributed by atoms with van der Waals surface area (Å²) < 4.78 is 55.1. The van der Waals surface area contributed by atoms with E-state index >= 15 is 0 Å². The molecule has 0 atom stereocenters. The molecule has 0 unspecified atom stereocenters. The van der Waals surface area contributed by atoms with Crippen molar-refractivity contribution < 1.29 is 16.8 Å². The van der Waals surface area contributed by atoms with Gasteiger partial charge in [-0.15, -0.1) is 11.8 Å². The normalized spacial score (nSPS) is 12.8. The lowest BCUT2D eigenvalue weighted by Crippen LogP contribution is -2.36. The van der Waals surface area contributed by atoms with Crippen molar-refractivity contribution in [3.8, 4) is 0 Å². The van der Waals surface area contributed by atoms with Crippen molar-refractivity contribution in [2.75, 3.05) is 12.3 Å². The van der Waals surface area contributed by atoms with Crippen molar-refractivity contribution in [2.24, 2.45) is 0 Å². The van der Waals surface area contributed by atoms with Crippen LogP contribution in [0, 0.1) is 0 Å². The van der Waals surface area contributed by atoms with Gasteiger partial charge in [-0.3, -0.25) is 4.40 Å². The second kappa shape index (κ2) is 11.0. The molecule has 0 aliphatic rings. The van der Waals surface area contributed by atoms with E-state index in [9.17, 15) is 16.8 Å². The Morgan fingerprint density at radius 3 is 1.91 bits per heavy atom. The van der Waals surface area contributed by atoms with Gasteiger partial charge in [-0.25, -0.2) is 21.8 Å². The van der Waals surface area contributed by atoms with Crippen LogP contribution in [-0.2, 0) is 20.0 Å². The summed E-state index contributed by atoms with van der Waals surface area (Å²) in [5.41, 5.74) is 2.05. The Morgan fingerprint density at radius 2 is 1.34 bits per heavy atom. The summed E-state index contributed by atoms with van der Waals surface area (Å²) in [7, 11) is -8.58. The lowest BCUT2D eigenvalue weighted by Gasteiger charge is -2.18. The molecule has 0 spiro atoms. The molecule has 0 aliphatic carbocycles. The van der Waals surface area contributed by atoms with Gasteiger partial charge in [-0.1, -0.05) is 70.4 Å². The summed E-state index contributed by atoms with van der Waals surface area (Å²) >= 11 is 1.35. The van der Waals surface area contributed by atoms with E-state index in [1.54, 1.807) is 60.9 Å². The number of pyridine rings is 1. The van der Waals surface area contributed by atoms with Gasteiger partial charge in [0.05, 0.1) is 5.03 Å². The van der Waals surface area contributed by atoms with Crippen molar-refractivity contribution in [3.63, 3.8) is 0 Å². The van der Waals surface area contributed by atoms with E-state index in [1.165, 1.54) is 23.9 Å². The van der Waals surface area contributed by atoms with Gasteiger partial charge in [0.1, 0.15) is 5.65 Å². The molecule has 2 heterocycles. The minimum absolute atomic E-state index is 0.216. The maximum atomic E-state index is 13.2. The van der Waals surface area contributed by atoms with Crippen LogP contribution in [0.4, 0.5) is 0 Å². The Balaban J connectivity index is 1.59. The molecule has 180 valence electrons. The summed E-state index contributed by atoms with van der Waals surface area (Å²) in [6.07, 6.45) is 6.24. The molecule has 4 aromatic rings.